The first kappa shape index (κ1) is 24.0. The van der Waals surface area contributed by atoms with Crippen LogP contribution >= 0.6 is 24.0 Å². The summed E-state index contributed by atoms with van der Waals surface area (Å²) in [6.07, 6.45) is 1.23. The van der Waals surface area contributed by atoms with Crippen molar-refractivity contribution in [3.8, 4) is 5.75 Å². The lowest BCUT2D eigenvalue weighted by Gasteiger charge is -2.33. The average molecular weight is 509 g/mol. The van der Waals surface area contributed by atoms with Gasteiger partial charge in [0.2, 0.25) is 0 Å². The van der Waals surface area contributed by atoms with E-state index in [1.165, 1.54) is 17.3 Å². The molecule has 1 atom stereocenters. The molecule has 2 aromatic carbocycles. The molecule has 5 rings (SSSR count). The van der Waals surface area contributed by atoms with Gasteiger partial charge in [-0.1, -0.05) is 54.3 Å². The van der Waals surface area contributed by atoms with Gasteiger partial charge in [0.1, 0.15) is 10.1 Å². The van der Waals surface area contributed by atoms with Gasteiger partial charge < -0.3 is 19.9 Å². The van der Waals surface area contributed by atoms with E-state index < -0.39 is 6.10 Å². The van der Waals surface area contributed by atoms with Gasteiger partial charge in [-0.15, -0.1) is 0 Å². The fourth-order valence-electron chi connectivity index (χ4n) is 4.45. The number of hydrogen-bond acceptors (Lipinski definition) is 7. The fraction of sp³-hybridized carbons (Fsp3) is 0.346. The van der Waals surface area contributed by atoms with Crippen LogP contribution < -0.4 is 15.0 Å². The second-order valence-corrected chi connectivity index (χ2v) is 10.9. The number of piperazine rings is 1. The molecule has 0 aromatic heterocycles. The predicted octanol–water partition coefficient (Wildman–Crippen LogP) is 3.24. The van der Waals surface area contributed by atoms with Crippen molar-refractivity contribution >= 4 is 51.9 Å². The number of carbonyl (C=O) groups excluding carboxylic acids is 2. The van der Waals surface area contributed by atoms with E-state index in [1.54, 1.807) is 17.9 Å². The van der Waals surface area contributed by atoms with Crippen LogP contribution in [0.4, 0.5) is 5.69 Å². The minimum Gasteiger partial charge on any atom is -0.479 e. The van der Waals surface area contributed by atoms with E-state index in [-0.39, 0.29) is 11.8 Å². The highest BCUT2D eigenvalue weighted by Crippen LogP contribution is 2.37. The van der Waals surface area contributed by atoms with E-state index in [0.717, 1.165) is 43.9 Å². The Morgan fingerprint density at radius 3 is 2.40 bits per heavy atom. The number of anilines is 1. The van der Waals surface area contributed by atoms with Crippen molar-refractivity contribution in [3.05, 3.63) is 64.1 Å². The number of thiocarbonyl (C=S) groups is 1. The van der Waals surface area contributed by atoms with E-state index >= 15 is 0 Å². The summed E-state index contributed by atoms with van der Waals surface area (Å²) in [5, 5.41) is 2.63. The van der Waals surface area contributed by atoms with Crippen LogP contribution in [0.5, 0.6) is 5.75 Å². The van der Waals surface area contributed by atoms with E-state index in [2.05, 4.69) is 46.4 Å². The molecule has 2 saturated heterocycles. The lowest BCUT2D eigenvalue weighted by molar-refractivity contribution is -0.125. The highest BCUT2D eigenvalue weighted by Gasteiger charge is 2.32. The molecule has 7 nitrogen and oxygen atoms in total. The van der Waals surface area contributed by atoms with Crippen LogP contribution in [-0.2, 0) is 22.7 Å². The van der Waals surface area contributed by atoms with Gasteiger partial charge in [0, 0.05) is 32.7 Å². The normalized spacial score (nSPS) is 22.3. The zero-order chi connectivity index (χ0) is 24.5. The Labute approximate surface area is 215 Å². The number of hydrogen-bond donors (Lipinski definition) is 1. The monoisotopic (exact) mass is 508 g/mol. The molecule has 35 heavy (non-hydrogen) atoms. The summed E-state index contributed by atoms with van der Waals surface area (Å²) >= 11 is 6.32. The topological polar surface area (TPSA) is 65.1 Å². The second-order valence-electron chi connectivity index (χ2n) is 9.16. The molecule has 3 aliphatic heterocycles. The first-order valence-corrected chi connectivity index (χ1v) is 12.9. The smallest absolute Gasteiger partial charge is 0.268 e. The molecule has 182 valence electrons. The zero-order valence-corrected chi connectivity index (χ0v) is 21.5. The molecule has 2 aromatic rings. The molecule has 0 aliphatic carbocycles. The zero-order valence-electron chi connectivity index (χ0n) is 19.8. The van der Waals surface area contributed by atoms with Gasteiger partial charge in [0.05, 0.1) is 17.1 Å². The highest BCUT2D eigenvalue weighted by molar-refractivity contribution is 8.26. The van der Waals surface area contributed by atoms with Gasteiger partial charge in [0.25, 0.3) is 11.8 Å². The maximum atomic E-state index is 13.1. The van der Waals surface area contributed by atoms with Crippen LogP contribution in [0.25, 0.3) is 6.08 Å². The number of likely N-dealkylation sites (N-methyl/N-ethyl adjacent to an activating group) is 1. The quantitative estimate of drug-likeness (QED) is 0.491. The van der Waals surface area contributed by atoms with Crippen LogP contribution in [0.2, 0.25) is 0 Å². The molecule has 9 heteroatoms. The molecule has 0 bridgehead atoms. The van der Waals surface area contributed by atoms with Crippen molar-refractivity contribution < 1.29 is 14.3 Å². The fourth-order valence-corrected chi connectivity index (χ4v) is 5.49. The summed E-state index contributed by atoms with van der Waals surface area (Å²) < 4.78 is 6.31. The minimum absolute atomic E-state index is 0.0852. The van der Waals surface area contributed by atoms with Gasteiger partial charge in [0.15, 0.2) is 6.10 Å². The Hall–Kier alpha value is -2.72. The van der Waals surface area contributed by atoms with Gasteiger partial charge in [-0.05, 0) is 48.9 Å². The summed E-state index contributed by atoms with van der Waals surface area (Å²) in [5.41, 5.74) is 3.85. The summed E-state index contributed by atoms with van der Waals surface area (Å²) in [6.45, 7) is 7.53. The third-order valence-corrected chi connectivity index (χ3v) is 7.66. The number of thioether (sulfide) groups is 1. The molecule has 1 unspecified atom stereocenters. The summed E-state index contributed by atoms with van der Waals surface area (Å²) in [4.78, 5) is 32.3. The molecular formula is C26H28N4O3S2. The summed E-state index contributed by atoms with van der Waals surface area (Å²) in [5.74, 6) is 0.371. The van der Waals surface area contributed by atoms with E-state index in [9.17, 15) is 9.59 Å². The van der Waals surface area contributed by atoms with Crippen molar-refractivity contribution in [2.24, 2.45) is 0 Å². The average Bonchev–Trinajstić information content (AvgIpc) is 3.16. The number of amides is 2. The first-order chi connectivity index (χ1) is 16.9. The van der Waals surface area contributed by atoms with Crippen molar-refractivity contribution in [2.45, 2.75) is 26.1 Å². The SMILES string of the molecule is CC1Oc2ccc(C=C3SC(=S)NC3=O)cc2N(Cc2ccc(CN3CCN(C)CC3)cc2)C1=O. The van der Waals surface area contributed by atoms with E-state index in [4.69, 9.17) is 17.0 Å². The number of ether oxygens (including phenoxy) is 1. The molecular weight excluding hydrogens is 480 g/mol. The lowest BCUT2D eigenvalue weighted by atomic mass is 10.1. The number of carbonyl (C=O) groups is 2. The van der Waals surface area contributed by atoms with Crippen LogP contribution in [0.1, 0.15) is 23.6 Å². The molecule has 0 radical (unpaired) electrons. The number of fused-ring (bicyclic) bond motifs is 1. The van der Waals surface area contributed by atoms with Crippen LogP contribution in [0, 0.1) is 0 Å². The number of benzene rings is 2. The molecule has 0 saturated carbocycles. The standard InChI is InChI=1S/C26H28N4O3S2/c1-17-25(32)30(16-19-5-3-18(4-6-19)15-29-11-9-28(2)10-12-29)21-13-20(7-8-22(21)33-17)14-23-24(31)27-26(34)35-23/h3-8,13-14,17H,9-12,15-16H2,1-2H3,(H,27,31,34). The van der Waals surface area contributed by atoms with Crippen LogP contribution in [0.3, 0.4) is 0 Å². The molecule has 3 aliphatic rings. The number of rotatable bonds is 5. The van der Waals surface area contributed by atoms with Crippen molar-refractivity contribution in [1.29, 1.82) is 0 Å². The number of nitrogens with zero attached hydrogens (tertiary/aromatic N) is 3. The van der Waals surface area contributed by atoms with Crippen LogP contribution in [0.15, 0.2) is 47.4 Å². The van der Waals surface area contributed by atoms with Crippen molar-refractivity contribution in [1.82, 2.24) is 15.1 Å². The Balaban J connectivity index is 1.34. The maximum absolute atomic E-state index is 13.1. The van der Waals surface area contributed by atoms with E-state index in [1.807, 2.05) is 18.2 Å². The van der Waals surface area contributed by atoms with Gasteiger partial charge >= 0.3 is 0 Å². The largest absolute Gasteiger partial charge is 0.479 e. The molecule has 1 N–H and O–H groups in total. The van der Waals surface area contributed by atoms with Crippen LogP contribution in [-0.4, -0.2) is 65.3 Å². The second kappa shape index (κ2) is 10.1. The Morgan fingerprint density at radius 1 is 1.06 bits per heavy atom. The molecule has 3 heterocycles. The van der Waals surface area contributed by atoms with Gasteiger partial charge in [-0.2, -0.15) is 0 Å². The Kier molecular flexibility index (Phi) is 6.93. The molecule has 2 amide bonds. The molecule has 2 fully saturated rings. The third kappa shape index (κ3) is 5.43. The predicted molar refractivity (Wildman–Crippen MR) is 143 cm³/mol. The molecule has 0 spiro atoms. The highest BCUT2D eigenvalue weighted by atomic mass is 32.2. The number of nitrogens with one attached hydrogen (secondary N) is 1. The van der Waals surface area contributed by atoms with Gasteiger partial charge in [-0.3, -0.25) is 14.5 Å². The summed E-state index contributed by atoms with van der Waals surface area (Å²) in [7, 11) is 2.16. The third-order valence-electron chi connectivity index (χ3n) is 6.50. The van der Waals surface area contributed by atoms with Crippen molar-refractivity contribution in [3.63, 3.8) is 0 Å². The Bertz CT molecular complexity index is 1190. The summed E-state index contributed by atoms with van der Waals surface area (Å²) in [6, 6.07) is 14.1. The lowest BCUT2D eigenvalue weighted by Crippen LogP contribution is -2.44. The van der Waals surface area contributed by atoms with Crippen molar-refractivity contribution in [2.75, 3.05) is 38.1 Å². The first-order valence-electron chi connectivity index (χ1n) is 11.7. The van der Waals surface area contributed by atoms with Gasteiger partial charge in [-0.25, -0.2) is 0 Å². The minimum atomic E-state index is -0.559. The van der Waals surface area contributed by atoms with E-state index in [0.29, 0.717) is 27.2 Å². The maximum Gasteiger partial charge on any atom is 0.268 e. The Morgan fingerprint density at radius 2 is 1.74 bits per heavy atom.